The van der Waals surface area contributed by atoms with Crippen molar-refractivity contribution in [2.24, 2.45) is 0 Å². The smallest absolute Gasteiger partial charge is 0.388 e. The van der Waals surface area contributed by atoms with Gasteiger partial charge in [-0.1, -0.05) is 34.5 Å². The van der Waals surface area contributed by atoms with Crippen molar-refractivity contribution in [2.75, 3.05) is 0 Å². The second-order valence-corrected chi connectivity index (χ2v) is 7.02. The molecule has 0 bridgehead atoms. The van der Waals surface area contributed by atoms with Crippen LogP contribution in [-0.4, -0.2) is 16.5 Å². The number of aliphatic hydroxyl groups is 1. The number of rotatable bonds is 4. The fourth-order valence-electron chi connectivity index (χ4n) is 3.34. The standard InChI is InChI=1S/C18H24N2O4/c1-12-4-6-13(7-5-12)15(21)9-8-14-10-11-20-16(17(22)24-19-20)18(2,3)23-14/h4-7,14-15,21H,8-11H2,1-3H3/p+1. The van der Waals surface area contributed by atoms with Crippen LogP contribution in [0.25, 0.3) is 0 Å². The number of nitrogens with one attached hydrogen (secondary N) is 1. The van der Waals surface area contributed by atoms with Gasteiger partial charge in [-0.15, -0.1) is 0 Å². The molecule has 6 heteroatoms. The summed E-state index contributed by atoms with van der Waals surface area (Å²) in [7, 11) is 0. The third kappa shape index (κ3) is 3.44. The lowest BCUT2D eigenvalue weighted by Gasteiger charge is -2.24. The molecule has 1 aromatic carbocycles. The highest BCUT2D eigenvalue weighted by Crippen LogP contribution is 2.29. The third-order valence-corrected chi connectivity index (χ3v) is 4.64. The van der Waals surface area contributed by atoms with E-state index in [2.05, 4.69) is 5.27 Å². The van der Waals surface area contributed by atoms with Gasteiger partial charge in [0.05, 0.1) is 12.2 Å². The van der Waals surface area contributed by atoms with Gasteiger partial charge >= 0.3 is 11.3 Å². The predicted molar refractivity (Wildman–Crippen MR) is 87.4 cm³/mol. The molecule has 1 aliphatic heterocycles. The first kappa shape index (κ1) is 16.9. The second-order valence-electron chi connectivity index (χ2n) is 7.02. The van der Waals surface area contributed by atoms with E-state index in [1.54, 1.807) is 4.68 Å². The van der Waals surface area contributed by atoms with Gasteiger partial charge < -0.3 is 9.84 Å². The highest BCUT2D eigenvalue weighted by atomic mass is 16.5. The summed E-state index contributed by atoms with van der Waals surface area (Å²) in [5.74, 6) is 0. The quantitative estimate of drug-likeness (QED) is 0.840. The number of aromatic nitrogens is 2. The average molecular weight is 333 g/mol. The number of aromatic amines is 1. The fourth-order valence-corrected chi connectivity index (χ4v) is 3.34. The molecule has 0 spiro atoms. The summed E-state index contributed by atoms with van der Waals surface area (Å²) in [5.41, 5.74) is 1.49. The molecule has 0 saturated heterocycles. The highest BCUT2D eigenvalue weighted by Gasteiger charge is 2.43. The molecule has 1 aliphatic rings. The van der Waals surface area contributed by atoms with Crippen molar-refractivity contribution in [1.82, 2.24) is 5.27 Å². The molecule has 0 amide bonds. The zero-order valence-corrected chi connectivity index (χ0v) is 14.4. The predicted octanol–water partition coefficient (Wildman–Crippen LogP) is 2.10. The van der Waals surface area contributed by atoms with E-state index >= 15 is 0 Å². The van der Waals surface area contributed by atoms with Crippen LogP contribution in [-0.2, 0) is 16.9 Å². The minimum atomic E-state index is -0.726. The second kappa shape index (κ2) is 6.53. The SMILES string of the molecule is Cc1ccc(C(O)CCC2CC[n+]3[nH]oc(=O)c3C(C)(C)O2)cc1. The van der Waals surface area contributed by atoms with E-state index in [0.29, 0.717) is 18.7 Å². The lowest BCUT2D eigenvalue weighted by atomic mass is 10.00. The van der Waals surface area contributed by atoms with Crippen LogP contribution in [0.2, 0.25) is 0 Å². The summed E-state index contributed by atoms with van der Waals surface area (Å²) in [6.07, 6.45) is 1.59. The molecular weight excluding hydrogens is 308 g/mol. The first-order chi connectivity index (χ1) is 11.4. The number of aryl methyl sites for hydroxylation is 2. The molecule has 2 N–H and O–H groups in total. The van der Waals surface area contributed by atoms with Crippen molar-refractivity contribution in [3.8, 4) is 0 Å². The number of aliphatic hydroxyl groups excluding tert-OH is 1. The zero-order chi connectivity index (χ0) is 17.3. The largest absolute Gasteiger partial charge is 0.433 e. The molecule has 130 valence electrons. The molecule has 6 nitrogen and oxygen atoms in total. The van der Waals surface area contributed by atoms with Crippen LogP contribution in [0.4, 0.5) is 0 Å². The van der Waals surface area contributed by atoms with E-state index in [0.717, 1.165) is 18.4 Å². The minimum Gasteiger partial charge on any atom is -0.388 e. The van der Waals surface area contributed by atoms with Crippen molar-refractivity contribution < 1.29 is 19.0 Å². The van der Waals surface area contributed by atoms with Crippen LogP contribution in [0, 0.1) is 6.92 Å². The topological polar surface area (TPSA) is 79.3 Å². The maximum absolute atomic E-state index is 11.9. The number of ether oxygens (including phenoxy) is 1. The van der Waals surface area contributed by atoms with Gasteiger partial charge in [-0.2, -0.15) is 0 Å². The van der Waals surface area contributed by atoms with Crippen LogP contribution in [0.5, 0.6) is 0 Å². The lowest BCUT2D eigenvalue weighted by Crippen LogP contribution is -2.45. The monoisotopic (exact) mass is 333 g/mol. The van der Waals surface area contributed by atoms with Crippen LogP contribution in [0.15, 0.2) is 33.6 Å². The number of hydrogen-bond acceptors (Lipinski definition) is 4. The average Bonchev–Trinajstić information content (AvgIpc) is 2.85. The summed E-state index contributed by atoms with van der Waals surface area (Å²) >= 11 is 0. The molecule has 3 rings (SSSR count). The van der Waals surface area contributed by atoms with Crippen molar-refractivity contribution in [1.29, 1.82) is 0 Å². The summed E-state index contributed by atoms with van der Waals surface area (Å²) in [6, 6.07) is 7.94. The third-order valence-electron chi connectivity index (χ3n) is 4.64. The van der Waals surface area contributed by atoms with Gasteiger partial charge in [-0.3, -0.25) is 4.52 Å². The van der Waals surface area contributed by atoms with Gasteiger partial charge in [0.1, 0.15) is 0 Å². The molecule has 2 unspecified atom stereocenters. The molecular formula is C18H25N2O4+. The first-order valence-corrected chi connectivity index (χ1v) is 8.41. The Morgan fingerprint density at radius 2 is 2.08 bits per heavy atom. The fraction of sp³-hybridized carbons (Fsp3) is 0.556. The molecule has 24 heavy (non-hydrogen) atoms. The van der Waals surface area contributed by atoms with E-state index in [1.807, 2.05) is 45.0 Å². The summed E-state index contributed by atoms with van der Waals surface area (Å²) in [4.78, 5) is 11.9. The van der Waals surface area contributed by atoms with E-state index in [1.165, 1.54) is 5.56 Å². The Morgan fingerprint density at radius 1 is 1.38 bits per heavy atom. The van der Waals surface area contributed by atoms with E-state index in [9.17, 15) is 9.90 Å². The molecule has 0 fully saturated rings. The van der Waals surface area contributed by atoms with E-state index in [-0.39, 0.29) is 11.7 Å². The van der Waals surface area contributed by atoms with Gasteiger partial charge in [0.2, 0.25) is 0 Å². The van der Waals surface area contributed by atoms with E-state index < -0.39 is 11.7 Å². The van der Waals surface area contributed by atoms with Gasteiger partial charge in [0, 0.05) is 6.42 Å². The Hall–Kier alpha value is -1.92. The number of H-pyrrole nitrogens is 1. The van der Waals surface area contributed by atoms with Gasteiger partial charge in [-0.05, 0) is 44.4 Å². The Morgan fingerprint density at radius 3 is 2.79 bits per heavy atom. The number of hydrogen-bond donors (Lipinski definition) is 2. The maximum atomic E-state index is 11.9. The lowest BCUT2D eigenvalue weighted by molar-refractivity contribution is -0.770. The Balaban J connectivity index is 1.65. The molecule has 0 saturated carbocycles. The molecule has 0 aliphatic carbocycles. The van der Waals surface area contributed by atoms with Crippen LogP contribution in [0.1, 0.15) is 56.0 Å². The van der Waals surface area contributed by atoms with E-state index in [4.69, 9.17) is 9.26 Å². The molecule has 2 atom stereocenters. The van der Waals surface area contributed by atoms with Crippen LogP contribution < -0.4 is 10.3 Å². The van der Waals surface area contributed by atoms with Crippen molar-refractivity contribution >= 4 is 0 Å². The van der Waals surface area contributed by atoms with Gasteiger partial charge in [-0.25, -0.2) is 4.79 Å². The summed E-state index contributed by atoms with van der Waals surface area (Å²) < 4.78 is 12.8. The molecule has 1 aromatic heterocycles. The minimum absolute atomic E-state index is 0.0206. The van der Waals surface area contributed by atoms with Crippen molar-refractivity contribution in [3.05, 3.63) is 51.5 Å². The Labute approximate surface area is 141 Å². The van der Waals surface area contributed by atoms with Crippen molar-refractivity contribution in [3.63, 3.8) is 0 Å². The van der Waals surface area contributed by atoms with Crippen molar-refractivity contribution in [2.45, 2.75) is 64.4 Å². The molecule has 2 heterocycles. The van der Waals surface area contributed by atoms with Gasteiger partial charge in [0.15, 0.2) is 12.1 Å². The normalized spacial score (nSPS) is 21.1. The number of fused-ring (bicyclic) bond motifs is 1. The molecule has 2 aromatic rings. The van der Waals surface area contributed by atoms with Crippen LogP contribution >= 0.6 is 0 Å². The summed E-state index contributed by atoms with van der Waals surface area (Å²) in [6.45, 7) is 6.41. The molecule has 0 radical (unpaired) electrons. The van der Waals surface area contributed by atoms with Crippen LogP contribution in [0.3, 0.4) is 0 Å². The zero-order valence-electron chi connectivity index (χ0n) is 14.4. The maximum Gasteiger partial charge on any atom is 0.433 e. The highest BCUT2D eigenvalue weighted by molar-refractivity contribution is 5.23. The first-order valence-electron chi connectivity index (χ1n) is 8.41. The Kier molecular flexibility index (Phi) is 4.60. The number of nitrogens with zero attached hydrogens (tertiary/aromatic N) is 1. The summed E-state index contributed by atoms with van der Waals surface area (Å²) in [5, 5.41) is 13.0. The number of benzene rings is 1. The Bertz CT molecular complexity index is 745. The van der Waals surface area contributed by atoms with Gasteiger partial charge in [0.25, 0.3) is 0 Å².